The van der Waals surface area contributed by atoms with Gasteiger partial charge in [-0.2, -0.15) is 0 Å². The molecule has 0 radical (unpaired) electrons. The van der Waals surface area contributed by atoms with Gasteiger partial charge in [-0.15, -0.1) is 0 Å². The van der Waals surface area contributed by atoms with Gasteiger partial charge in [0.25, 0.3) is 0 Å². The molecule has 4 nitrogen and oxygen atoms in total. The van der Waals surface area contributed by atoms with Crippen molar-refractivity contribution in [3.63, 3.8) is 0 Å². The van der Waals surface area contributed by atoms with Crippen LogP contribution in [0.5, 0.6) is 0 Å². The largest absolute Gasteiger partial charge is 0.390 e. The molecule has 17 heavy (non-hydrogen) atoms. The predicted octanol–water partition coefficient (Wildman–Crippen LogP) is 0.408. The number of aliphatic hydroxyl groups excluding tert-OH is 2. The van der Waals surface area contributed by atoms with E-state index < -0.39 is 12.2 Å². The monoisotopic (exact) mass is 274 g/mol. The molecule has 5 saturated carbocycles. The highest BCUT2D eigenvalue weighted by atomic mass is 32.2. The van der Waals surface area contributed by atoms with Crippen molar-refractivity contribution in [2.45, 2.75) is 42.0 Å². The molecule has 5 aliphatic carbocycles. The van der Waals surface area contributed by atoms with Gasteiger partial charge in [-0.05, 0) is 6.42 Å². The Kier molecular flexibility index (Phi) is 2.32. The van der Waals surface area contributed by atoms with E-state index in [1.807, 2.05) is 0 Å². The van der Waals surface area contributed by atoms with E-state index in [2.05, 4.69) is 0 Å². The van der Waals surface area contributed by atoms with E-state index in [1.165, 1.54) is 37.4 Å². The van der Waals surface area contributed by atoms with Gasteiger partial charge in [0.1, 0.15) is 0 Å². The molecular formula is C11H14O4S2. The summed E-state index contributed by atoms with van der Waals surface area (Å²) in [5.41, 5.74) is 0. The van der Waals surface area contributed by atoms with E-state index in [0.29, 0.717) is 0 Å². The molecule has 4 atom stereocenters. The molecule has 0 aromatic rings. The van der Waals surface area contributed by atoms with Gasteiger partial charge in [-0.25, -0.2) is 0 Å². The Labute approximate surface area is 108 Å². The zero-order valence-electron chi connectivity index (χ0n) is 9.54. The van der Waals surface area contributed by atoms with Crippen LogP contribution in [0, 0.1) is 11.8 Å². The van der Waals surface area contributed by atoms with E-state index in [0.717, 1.165) is 6.42 Å². The summed E-state index contributed by atoms with van der Waals surface area (Å²) < 4.78 is -0.597. The quantitative estimate of drug-likeness (QED) is 0.759. The van der Waals surface area contributed by atoms with Gasteiger partial charge in [0.2, 0.25) is 0 Å². The number of rotatable bonds is 2. The first-order valence-electron chi connectivity index (χ1n) is 5.60. The van der Waals surface area contributed by atoms with Gasteiger partial charge in [0.05, 0.1) is 12.2 Å². The van der Waals surface area contributed by atoms with Gasteiger partial charge >= 0.3 is 0 Å². The highest BCUT2D eigenvalue weighted by molar-refractivity contribution is 8.17. The van der Waals surface area contributed by atoms with Crippen LogP contribution in [0.2, 0.25) is 0 Å². The fourth-order valence-electron chi connectivity index (χ4n) is 4.14. The fraction of sp³-hybridized carbons (Fsp3) is 0.818. The summed E-state index contributed by atoms with van der Waals surface area (Å²) in [5, 5.41) is 20.0. The van der Waals surface area contributed by atoms with E-state index in [9.17, 15) is 19.8 Å². The van der Waals surface area contributed by atoms with E-state index >= 15 is 0 Å². The van der Waals surface area contributed by atoms with Gasteiger partial charge in [0.15, 0.2) is 10.2 Å². The second kappa shape index (κ2) is 3.29. The normalized spacial score (nSPS) is 53.9. The van der Waals surface area contributed by atoms with Gasteiger partial charge < -0.3 is 10.2 Å². The first-order chi connectivity index (χ1) is 7.85. The minimum absolute atomic E-state index is 0.0161. The Morgan fingerprint density at radius 1 is 1.00 bits per heavy atom. The van der Waals surface area contributed by atoms with Crippen LogP contribution >= 0.6 is 23.5 Å². The number of thioether (sulfide) groups is 2. The van der Waals surface area contributed by atoms with Crippen molar-refractivity contribution in [1.82, 2.24) is 0 Å². The Balaban J connectivity index is 1.88. The predicted molar refractivity (Wildman–Crippen MR) is 65.6 cm³/mol. The number of fused-ring (bicyclic) bond motifs is 1. The van der Waals surface area contributed by atoms with Crippen molar-refractivity contribution in [2.24, 2.45) is 11.8 Å². The summed E-state index contributed by atoms with van der Waals surface area (Å²) in [6, 6.07) is 0. The van der Waals surface area contributed by atoms with Crippen LogP contribution in [-0.2, 0) is 9.59 Å². The Hall–Kier alpha value is -0.0400. The van der Waals surface area contributed by atoms with Crippen LogP contribution in [-0.4, -0.2) is 42.1 Å². The maximum absolute atomic E-state index is 11.3. The van der Waals surface area contributed by atoms with E-state index in [4.69, 9.17) is 0 Å². The average molecular weight is 274 g/mol. The highest BCUT2D eigenvalue weighted by Crippen LogP contribution is 2.85. The molecule has 0 aromatic heterocycles. The molecule has 2 N–H and O–H groups in total. The SMILES string of the molecule is CC(=O)SC12CC3(SC(C)=O)C1[C@@H](O)[C@@H](O)C23. The van der Waals surface area contributed by atoms with Gasteiger partial charge in [-0.1, -0.05) is 23.5 Å². The first kappa shape index (κ1) is 12.0. The lowest BCUT2D eigenvalue weighted by Crippen LogP contribution is -2.81. The number of aliphatic hydroxyl groups is 2. The number of hydrogen-bond acceptors (Lipinski definition) is 6. The molecule has 0 amide bonds. The highest BCUT2D eigenvalue weighted by Gasteiger charge is 2.91. The summed E-state index contributed by atoms with van der Waals surface area (Å²) in [5.74, 6) is -0.226. The lowest BCUT2D eigenvalue weighted by molar-refractivity contribution is -0.111. The maximum Gasteiger partial charge on any atom is 0.186 e. The summed E-state index contributed by atoms with van der Waals surface area (Å²) in [6.45, 7) is 3.02. The molecule has 4 bridgehead atoms. The lowest BCUT2D eigenvalue weighted by Gasteiger charge is -2.75. The average Bonchev–Trinajstić information content (AvgIpc) is 2.41. The molecule has 94 valence electrons. The summed E-state index contributed by atoms with van der Waals surface area (Å²) >= 11 is 2.48. The van der Waals surface area contributed by atoms with Crippen LogP contribution in [0.15, 0.2) is 0 Å². The molecule has 5 fully saturated rings. The second-order valence-corrected chi connectivity index (χ2v) is 8.29. The summed E-state index contributed by atoms with van der Waals surface area (Å²) in [6.07, 6.45) is -0.822. The summed E-state index contributed by atoms with van der Waals surface area (Å²) in [7, 11) is 0. The van der Waals surface area contributed by atoms with E-state index in [-0.39, 0.29) is 31.6 Å². The van der Waals surface area contributed by atoms with Crippen LogP contribution in [0.4, 0.5) is 0 Å². The molecule has 0 spiro atoms. The zero-order valence-corrected chi connectivity index (χ0v) is 11.2. The van der Waals surface area contributed by atoms with Gasteiger partial charge in [0, 0.05) is 35.2 Å². The fourth-order valence-corrected chi connectivity index (χ4v) is 7.98. The maximum atomic E-state index is 11.3. The minimum atomic E-state index is -0.785. The third-order valence-electron chi connectivity index (χ3n) is 4.36. The lowest BCUT2D eigenvalue weighted by atomic mass is 9.44. The number of carbonyl (C=O) groups is 2. The standard InChI is InChI=1S/C11H14O4S2/c1-4(12)16-10-3-11(17-5(2)13)8(10)6(14)7(15)9(10)11/h6-9,14-15H,3H2,1-2H3/t6-,7+,8?,9?,10?,11?. The second-order valence-electron chi connectivity index (χ2n) is 5.21. The zero-order chi connectivity index (χ0) is 12.6. The van der Waals surface area contributed by atoms with Gasteiger partial charge in [-0.3, -0.25) is 9.59 Å². The Morgan fingerprint density at radius 3 is 1.65 bits per heavy atom. The number of carbonyl (C=O) groups excluding carboxylic acids is 2. The first-order valence-corrected chi connectivity index (χ1v) is 7.24. The molecule has 5 rings (SSSR count). The van der Waals surface area contributed by atoms with Crippen molar-refractivity contribution < 1.29 is 19.8 Å². The van der Waals surface area contributed by atoms with Crippen molar-refractivity contribution in [2.75, 3.05) is 0 Å². The minimum Gasteiger partial charge on any atom is -0.390 e. The van der Waals surface area contributed by atoms with Crippen molar-refractivity contribution in [3.8, 4) is 0 Å². The molecule has 0 aliphatic heterocycles. The third kappa shape index (κ3) is 1.15. The molecule has 6 heteroatoms. The Morgan fingerprint density at radius 2 is 1.35 bits per heavy atom. The smallest absolute Gasteiger partial charge is 0.186 e. The molecule has 0 aromatic carbocycles. The van der Waals surface area contributed by atoms with Crippen molar-refractivity contribution in [1.29, 1.82) is 0 Å². The molecule has 2 unspecified atom stereocenters. The van der Waals surface area contributed by atoms with Crippen molar-refractivity contribution in [3.05, 3.63) is 0 Å². The molecule has 5 aliphatic rings. The summed E-state index contributed by atoms with van der Waals surface area (Å²) in [4.78, 5) is 22.5. The number of hydrogen-bond donors (Lipinski definition) is 2. The van der Waals surface area contributed by atoms with Crippen LogP contribution < -0.4 is 0 Å². The Bertz CT molecular complexity index is 376. The van der Waals surface area contributed by atoms with E-state index in [1.54, 1.807) is 0 Å². The van der Waals surface area contributed by atoms with Crippen LogP contribution in [0.25, 0.3) is 0 Å². The molecule has 0 heterocycles. The third-order valence-corrected chi connectivity index (χ3v) is 7.00. The molecular weight excluding hydrogens is 260 g/mol. The van der Waals surface area contributed by atoms with Crippen LogP contribution in [0.3, 0.4) is 0 Å². The molecule has 0 saturated heterocycles. The van der Waals surface area contributed by atoms with Crippen molar-refractivity contribution >= 4 is 33.8 Å². The topological polar surface area (TPSA) is 74.6 Å². The van der Waals surface area contributed by atoms with Crippen LogP contribution in [0.1, 0.15) is 20.3 Å².